The van der Waals surface area contributed by atoms with Crippen LogP contribution in [0.5, 0.6) is 0 Å². The topological polar surface area (TPSA) is 83.8 Å². The highest BCUT2D eigenvalue weighted by molar-refractivity contribution is 9.10. The number of nitrogens with two attached hydrogens (primary N) is 1. The SMILES string of the molecule is C[C@@H](N)C(=O)NCc1[nH]ncc1Br. The van der Waals surface area contributed by atoms with E-state index in [0.29, 0.717) is 6.54 Å². The number of rotatable bonds is 3. The van der Waals surface area contributed by atoms with Crippen LogP contribution in [0.25, 0.3) is 0 Å². The molecular formula is C7H11BrN4O. The smallest absolute Gasteiger partial charge is 0.236 e. The molecule has 1 amide bonds. The third-order valence-corrected chi connectivity index (χ3v) is 2.20. The van der Waals surface area contributed by atoms with Gasteiger partial charge in [0.15, 0.2) is 0 Å². The van der Waals surface area contributed by atoms with E-state index in [4.69, 9.17) is 5.73 Å². The largest absolute Gasteiger partial charge is 0.349 e. The number of nitrogens with one attached hydrogen (secondary N) is 2. The summed E-state index contributed by atoms with van der Waals surface area (Å²) < 4.78 is 0.845. The fourth-order valence-corrected chi connectivity index (χ4v) is 1.09. The van der Waals surface area contributed by atoms with Gasteiger partial charge >= 0.3 is 0 Å². The van der Waals surface area contributed by atoms with Crippen molar-refractivity contribution in [1.82, 2.24) is 15.5 Å². The Hall–Kier alpha value is -0.880. The summed E-state index contributed by atoms with van der Waals surface area (Å²) in [5.41, 5.74) is 6.19. The van der Waals surface area contributed by atoms with Crippen LogP contribution in [0.3, 0.4) is 0 Å². The molecule has 1 atom stereocenters. The second-order valence-electron chi connectivity index (χ2n) is 2.70. The van der Waals surface area contributed by atoms with E-state index >= 15 is 0 Å². The fraction of sp³-hybridized carbons (Fsp3) is 0.429. The summed E-state index contributed by atoms with van der Waals surface area (Å²) in [6.45, 7) is 2.04. The first-order valence-electron chi connectivity index (χ1n) is 3.82. The average molecular weight is 247 g/mol. The Morgan fingerprint density at radius 2 is 2.62 bits per heavy atom. The summed E-state index contributed by atoms with van der Waals surface area (Å²) in [6.07, 6.45) is 1.63. The Bertz CT molecular complexity index is 296. The minimum absolute atomic E-state index is 0.179. The molecule has 1 rings (SSSR count). The van der Waals surface area contributed by atoms with Gasteiger partial charge in [-0.05, 0) is 22.9 Å². The quantitative estimate of drug-likeness (QED) is 0.710. The molecule has 0 fully saturated rings. The van der Waals surface area contributed by atoms with E-state index in [1.54, 1.807) is 13.1 Å². The van der Waals surface area contributed by atoms with Crippen LogP contribution in [0.4, 0.5) is 0 Å². The molecule has 0 aliphatic rings. The molecule has 0 bridgehead atoms. The van der Waals surface area contributed by atoms with E-state index in [-0.39, 0.29) is 5.91 Å². The maximum absolute atomic E-state index is 11.1. The lowest BCUT2D eigenvalue weighted by Crippen LogP contribution is -2.37. The lowest BCUT2D eigenvalue weighted by atomic mass is 10.3. The third kappa shape index (κ3) is 2.82. The molecule has 0 aromatic carbocycles. The van der Waals surface area contributed by atoms with Crippen molar-refractivity contribution in [2.75, 3.05) is 0 Å². The molecule has 0 radical (unpaired) electrons. The molecule has 0 saturated heterocycles. The molecule has 0 aliphatic carbocycles. The molecule has 4 N–H and O–H groups in total. The lowest BCUT2D eigenvalue weighted by Gasteiger charge is -2.05. The van der Waals surface area contributed by atoms with E-state index in [1.807, 2.05) is 0 Å². The van der Waals surface area contributed by atoms with Crippen LogP contribution in [0.1, 0.15) is 12.6 Å². The van der Waals surface area contributed by atoms with Crippen LogP contribution in [-0.4, -0.2) is 22.1 Å². The number of hydrogen-bond acceptors (Lipinski definition) is 3. The molecule has 13 heavy (non-hydrogen) atoms. The summed E-state index contributed by atoms with van der Waals surface area (Å²) in [5.74, 6) is -0.179. The van der Waals surface area contributed by atoms with E-state index < -0.39 is 6.04 Å². The van der Waals surface area contributed by atoms with Crippen molar-refractivity contribution in [3.05, 3.63) is 16.4 Å². The number of aromatic amines is 1. The van der Waals surface area contributed by atoms with Gasteiger partial charge in [0.2, 0.25) is 5.91 Å². The van der Waals surface area contributed by atoms with Gasteiger partial charge in [0, 0.05) is 0 Å². The van der Waals surface area contributed by atoms with E-state index in [9.17, 15) is 4.79 Å². The van der Waals surface area contributed by atoms with Crippen molar-refractivity contribution in [3.8, 4) is 0 Å². The summed E-state index contributed by atoms with van der Waals surface area (Å²) in [6, 6.07) is -0.485. The number of aromatic nitrogens is 2. The maximum atomic E-state index is 11.1. The van der Waals surface area contributed by atoms with Gasteiger partial charge in [-0.25, -0.2) is 0 Å². The van der Waals surface area contributed by atoms with Gasteiger partial charge in [0.1, 0.15) is 0 Å². The number of carbonyl (C=O) groups is 1. The molecule has 1 aromatic rings. The first-order valence-corrected chi connectivity index (χ1v) is 4.61. The predicted molar refractivity (Wildman–Crippen MR) is 51.8 cm³/mol. The molecule has 0 spiro atoms. The summed E-state index contributed by atoms with van der Waals surface area (Å²) in [7, 11) is 0. The standard InChI is InChI=1S/C7H11BrN4O/c1-4(9)7(13)10-3-6-5(8)2-11-12-6/h2,4H,3,9H2,1H3,(H,10,13)(H,11,12)/t4-/m1/s1. The van der Waals surface area contributed by atoms with Gasteiger partial charge < -0.3 is 11.1 Å². The first kappa shape index (κ1) is 10.2. The Balaban J connectivity index is 2.44. The number of H-pyrrole nitrogens is 1. The predicted octanol–water partition coefficient (Wildman–Crippen LogP) is 0.136. The van der Waals surface area contributed by atoms with Crippen molar-refractivity contribution >= 4 is 21.8 Å². The number of carbonyl (C=O) groups excluding carboxylic acids is 1. The molecule has 72 valence electrons. The van der Waals surface area contributed by atoms with Crippen LogP contribution in [0.2, 0.25) is 0 Å². The minimum atomic E-state index is -0.485. The van der Waals surface area contributed by atoms with Gasteiger partial charge in [0.25, 0.3) is 0 Å². The molecule has 0 aliphatic heterocycles. The molecule has 5 nitrogen and oxygen atoms in total. The van der Waals surface area contributed by atoms with Gasteiger partial charge in [-0.2, -0.15) is 5.10 Å². The highest BCUT2D eigenvalue weighted by Crippen LogP contribution is 2.11. The van der Waals surface area contributed by atoms with Crippen LogP contribution in [0, 0.1) is 0 Å². The van der Waals surface area contributed by atoms with Gasteiger partial charge in [0.05, 0.1) is 29.0 Å². The molecule has 0 saturated carbocycles. The van der Waals surface area contributed by atoms with Crippen LogP contribution >= 0.6 is 15.9 Å². The average Bonchev–Trinajstić information content (AvgIpc) is 2.47. The van der Waals surface area contributed by atoms with Crippen molar-refractivity contribution in [1.29, 1.82) is 0 Å². The van der Waals surface area contributed by atoms with Crippen LogP contribution in [0.15, 0.2) is 10.7 Å². The summed E-state index contributed by atoms with van der Waals surface area (Å²) in [4.78, 5) is 11.1. The second kappa shape index (κ2) is 4.38. The summed E-state index contributed by atoms with van der Waals surface area (Å²) in [5, 5.41) is 9.20. The van der Waals surface area contributed by atoms with Crippen molar-refractivity contribution in [3.63, 3.8) is 0 Å². The fourth-order valence-electron chi connectivity index (χ4n) is 0.759. The Morgan fingerprint density at radius 1 is 1.92 bits per heavy atom. The van der Waals surface area contributed by atoms with Crippen LogP contribution in [-0.2, 0) is 11.3 Å². The zero-order valence-electron chi connectivity index (χ0n) is 7.17. The highest BCUT2D eigenvalue weighted by Gasteiger charge is 2.08. The molecule has 1 heterocycles. The first-order chi connectivity index (χ1) is 6.11. The number of hydrogen-bond donors (Lipinski definition) is 3. The third-order valence-electron chi connectivity index (χ3n) is 1.52. The zero-order chi connectivity index (χ0) is 9.84. The Morgan fingerprint density at radius 3 is 3.08 bits per heavy atom. The zero-order valence-corrected chi connectivity index (χ0v) is 8.76. The molecular weight excluding hydrogens is 236 g/mol. The maximum Gasteiger partial charge on any atom is 0.236 e. The molecule has 1 aromatic heterocycles. The van der Waals surface area contributed by atoms with Crippen molar-refractivity contribution in [2.24, 2.45) is 5.73 Å². The van der Waals surface area contributed by atoms with Gasteiger partial charge in [-0.1, -0.05) is 0 Å². The van der Waals surface area contributed by atoms with Crippen molar-refractivity contribution < 1.29 is 4.79 Å². The number of nitrogens with zero attached hydrogens (tertiary/aromatic N) is 1. The monoisotopic (exact) mass is 246 g/mol. The molecule has 6 heteroatoms. The van der Waals surface area contributed by atoms with E-state index in [2.05, 4.69) is 31.4 Å². The number of amides is 1. The van der Waals surface area contributed by atoms with Gasteiger partial charge in [-0.3, -0.25) is 9.89 Å². The normalized spacial score (nSPS) is 12.5. The Labute approximate surface area is 84.2 Å². The minimum Gasteiger partial charge on any atom is -0.349 e. The van der Waals surface area contributed by atoms with Crippen molar-refractivity contribution in [2.45, 2.75) is 19.5 Å². The Kier molecular flexibility index (Phi) is 3.44. The van der Waals surface area contributed by atoms with E-state index in [1.165, 1.54) is 0 Å². The number of halogens is 1. The van der Waals surface area contributed by atoms with E-state index in [0.717, 1.165) is 10.2 Å². The summed E-state index contributed by atoms with van der Waals surface area (Å²) >= 11 is 3.28. The molecule has 0 unspecified atom stereocenters. The second-order valence-corrected chi connectivity index (χ2v) is 3.56. The lowest BCUT2D eigenvalue weighted by molar-refractivity contribution is -0.122. The highest BCUT2D eigenvalue weighted by atomic mass is 79.9. The van der Waals surface area contributed by atoms with Gasteiger partial charge in [-0.15, -0.1) is 0 Å². The van der Waals surface area contributed by atoms with Crippen LogP contribution < -0.4 is 11.1 Å².